The molecule has 1 fully saturated rings. The highest BCUT2D eigenvalue weighted by atomic mass is 16.5. The minimum atomic E-state index is -0.493. The van der Waals surface area contributed by atoms with Crippen molar-refractivity contribution in [3.05, 3.63) is 59.7 Å². The molecule has 1 aliphatic heterocycles. The van der Waals surface area contributed by atoms with E-state index in [-0.39, 0.29) is 55.0 Å². The third-order valence-corrected chi connectivity index (χ3v) is 9.28. The SMILES string of the molecule is C[C@@H]1CCCCO[C@@H](CN(C)C(=O)NC2CCCCC2)[C@@H](C)CN([C@@H](C)CO)C(=O)c2cc(NC(=O)Cc3ccccc3)ccc2O1. The van der Waals surface area contributed by atoms with Gasteiger partial charge in [0.25, 0.3) is 5.91 Å². The van der Waals surface area contributed by atoms with Crippen LogP contribution >= 0.6 is 0 Å². The van der Waals surface area contributed by atoms with Gasteiger partial charge in [-0.1, -0.05) is 56.5 Å². The van der Waals surface area contributed by atoms with Gasteiger partial charge in [-0.05, 0) is 69.7 Å². The normalized spacial score (nSPS) is 22.3. The molecule has 0 bridgehead atoms. The first-order valence-corrected chi connectivity index (χ1v) is 17.3. The molecule has 1 saturated carbocycles. The largest absolute Gasteiger partial charge is 0.490 e. The molecule has 2 aliphatic rings. The number of nitrogens with one attached hydrogen (secondary N) is 2. The molecule has 0 unspecified atom stereocenters. The summed E-state index contributed by atoms with van der Waals surface area (Å²) in [5.41, 5.74) is 1.70. The second kappa shape index (κ2) is 18.1. The third-order valence-electron chi connectivity index (χ3n) is 9.28. The lowest BCUT2D eigenvalue weighted by Crippen LogP contribution is -2.50. The number of aliphatic hydroxyl groups is 1. The highest BCUT2D eigenvalue weighted by molar-refractivity contribution is 6.00. The number of carbonyl (C=O) groups excluding carboxylic acids is 3. The van der Waals surface area contributed by atoms with Crippen molar-refractivity contribution in [3.63, 3.8) is 0 Å². The van der Waals surface area contributed by atoms with Crippen LogP contribution < -0.4 is 15.4 Å². The predicted octanol–water partition coefficient (Wildman–Crippen LogP) is 5.64. The third kappa shape index (κ3) is 11.0. The van der Waals surface area contributed by atoms with Crippen molar-refractivity contribution >= 4 is 23.5 Å². The van der Waals surface area contributed by atoms with Gasteiger partial charge in [0.05, 0.1) is 36.8 Å². The number of rotatable bonds is 8. The highest BCUT2D eigenvalue weighted by Crippen LogP contribution is 2.29. The molecular formula is C37H54N4O6. The van der Waals surface area contributed by atoms with Gasteiger partial charge in [0.1, 0.15) is 5.75 Å². The van der Waals surface area contributed by atoms with E-state index in [0.29, 0.717) is 36.7 Å². The van der Waals surface area contributed by atoms with Crippen LogP contribution in [-0.2, 0) is 16.0 Å². The number of nitrogens with zero attached hydrogens (tertiary/aromatic N) is 2. The maximum absolute atomic E-state index is 14.4. The molecule has 0 saturated heterocycles. The van der Waals surface area contributed by atoms with E-state index >= 15 is 0 Å². The second-order valence-electron chi connectivity index (χ2n) is 13.4. The maximum atomic E-state index is 14.4. The van der Waals surface area contributed by atoms with E-state index in [0.717, 1.165) is 50.5 Å². The minimum Gasteiger partial charge on any atom is -0.490 e. The lowest BCUT2D eigenvalue weighted by Gasteiger charge is -2.36. The number of aliphatic hydroxyl groups excluding tert-OH is 1. The van der Waals surface area contributed by atoms with Gasteiger partial charge in [0, 0.05) is 44.4 Å². The fourth-order valence-electron chi connectivity index (χ4n) is 6.33. The molecule has 258 valence electrons. The zero-order chi connectivity index (χ0) is 33.8. The zero-order valence-corrected chi connectivity index (χ0v) is 28.6. The van der Waals surface area contributed by atoms with E-state index in [2.05, 4.69) is 10.6 Å². The number of hydrogen-bond donors (Lipinski definition) is 3. The van der Waals surface area contributed by atoms with Crippen molar-refractivity contribution in [1.29, 1.82) is 0 Å². The Hall–Kier alpha value is -3.63. The van der Waals surface area contributed by atoms with E-state index in [1.807, 2.05) is 51.1 Å². The first kappa shape index (κ1) is 36.2. The zero-order valence-electron chi connectivity index (χ0n) is 28.6. The summed E-state index contributed by atoms with van der Waals surface area (Å²) in [5, 5.41) is 16.4. The molecule has 4 rings (SSSR count). The topological polar surface area (TPSA) is 120 Å². The van der Waals surface area contributed by atoms with Crippen molar-refractivity contribution in [2.45, 2.75) is 103 Å². The van der Waals surface area contributed by atoms with Gasteiger partial charge in [-0.15, -0.1) is 0 Å². The number of likely N-dealkylation sites (N-methyl/N-ethyl adjacent to an activating group) is 1. The van der Waals surface area contributed by atoms with Crippen LogP contribution in [0, 0.1) is 5.92 Å². The van der Waals surface area contributed by atoms with E-state index < -0.39 is 6.04 Å². The Labute approximate surface area is 280 Å². The summed E-state index contributed by atoms with van der Waals surface area (Å²) in [7, 11) is 1.79. The standard InChI is InChI=1S/C37H54N4O6/c1-26-23-41(27(2)25-42)36(44)32-22-31(38-35(43)21-29-14-7-5-8-15-29)18-19-33(32)47-28(3)13-11-12-20-46-34(26)24-40(4)37(45)39-30-16-9-6-10-17-30/h5,7-8,14-15,18-19,22,26-28,30,34,42H,6,9-13,16-17,20-21,23-25H2,1-4H3,(H,38,43)(H,39,45)/t26-,27-,28+,34-/m0/s1. The minimum absolute atomic E-state index is 0.106. The number of anilines is 1. The van der Waals surface area contributed by atoms with Crippen molar-refractivity contribution < 1.29 is 29.0 Å². The Bertz CT molecular complexity index is 1300. The van der Waals surface area contributed by atoms with Gasteiger partial charge in [-0.25, -0.2) is 4.79 Å². The van der Waals surface area contributed by atoms with Crippen LogP contribution in [0.3, 0.4) is 0 Å². The molecule has 10 heteroatoms. The van der Waals surface area contributed by atoms with Crippen LogP contribution in [-0.4, -0.2) is 90.4 Å². The molecule has 2 aromatic rings. The number of ether oxygens (including phenoxy) is 2. The van der Waals surface area contributed by atoms with Crippen molar-refractivity contribution in [3.8, 4) is 5.75 Å². The number of urea groups is 1. The van der Waals surface area contributed by atoms with Gasteiger partial charge in [0.2, 0.25) is 5.91 Å². The molecule has 1 aliphatic carbocycles. The molecule has 4 amide bonds. The Morgan fingerprint density at radius 1 is 1.02 bits per heavy atom. The Morgan fingerprint density at radius 3 is 2.47 bits per heavy atom. The monoisotopic (exact) mass is 650 g/mol. The van der Waals surface area contributed by atoms with Crippen molar-refractivity contribution in [2.75, 3.05) is 38.7 Å². The first-order chi connectivity index (χ1) is 22.6. The van der Waals surface area contributed by atoms with Gasteiger partial charge < -0.3 is 35.0 Å². The lowest BCUT2D eigenvalue weighted by molar-refractivity contribution is -0.115. The van der Waals surface area contributed by atoms with E-state index in [1.165, 1.54) is 6.42 Å². The first-order valence-electron chi connectivity index (χ1n) is 17.3. The average Bonchev–Trinajstić information content (AvgIpc) is 3.06. The van der Waals surface area contributed by atoms with Crippen molar-refractivity contribution in [1.82, 2.24) is 15.1 Å². The van der Waals surface area contributed by atoms with Gasteiger partial charge >= 0.3 is 6.03 Å². The lowest BCUT2D eigenvalue weighted by atomic mass is 9.96. The molecule has 0 spiro atoms. The van der Waals surface area contributed by atoms with Gasteiger partial charge in [-0.2, -0.15) is 0 Å². The molecule has 2 aromatic carbocycles. The number of carbonyl (C=O) groups is 3. The van der Waals surface area contributed by atoms with E-state index in [9.17, 15) is 19.5 Å². The molecule has 10 nitrogen and oxygen atoms in total. The summed E-state index contributed by atoms with van der Waals surface area (Å²) >= 11 is 0. The summed E-state index contributed by atoms with van der Waals surface area (Å²) in [5.74, 6) is -0.211. The molecule has 47 heavy (non-hydrogen) atoms. The van der Waals surface area contributed by atoms with E-state index in [4.69, 9.17) is 9.47 Å². The Morgan fingerprint density at radius 2 is 1.74 bits per heavy atom. The number of amides is 4. The average molecular weight is 651 g/mol. The number of fused-ring (bicyclic) bond motifs is 1. The Balaban J connectivity index is 1.56. The van der Waals surface area contributed by atoms with Crippen LogP contribution in [0.1, 0.15) is 88.1 Å². The van der Waals surface area contributed by atoms with E-state index in [1.54, 1.807) is 35.0 Å². The summed E-state index contributed by atoms with van der Waals surface area (Å²) in [6, 6.07) is 14.3. The number of benzene rings is 2. The molecule has 1 heterocycles. The number of hydrogen-bond acceptors (Lipinski definition) is 6. The summed E-state index contributed by atoms with van der Waals surface area (Å²) in [6.45, 7) is 6.79. The Kier molecular flexibility index (Phi) is 13.9. The molecular weight excluding hydrogens is 596 g/mol. The summed E-state index contributed by atoms with van der Waals surface area (Å²) in [6.07, 6.45) is 7.73. The van der Waals surface area contributed by atoms with Crippen LogP contribution in [0.15, 0.2) is 48.5 Å². The maximum Gasteiger partial charge on any atom is 0.317 e. The highest BCUT2D eigenvalue weighted by Gasteiger charge is 2.31. The second-order valence-corrected chi connectivity index (χ2v) is 13.4. The van der Waals surface area contributed by atoms with Gasteiger partial charge in [0.15, 0.2) is 0 Å². The summed E-state index contributed by atoms with van der Waals surface area (Å²) < 4.78 is 12.7. The van der Waals surface area contributed by atoms with Gasteiger partial charge in [-0.3, -0.25) is 9.59 Å². The summed E-state index contributed by atoms with van der Waals surface area (Å²) in [4.78, 5) is 43.7. The van der Waals surface area contributed by atoms with Crippen LogP contribution in [0.5, 0.6) is 5.75 Å². The predicted molar refractivity (Wildman–Crippen MR) is 184 cm³/mol. The fraction of sp³-hybridized carbons (Fsp3) is 0.595. The smallest absolute Gasteiger partial charge is 0.317 e. The molecule has 4 atom stereocenters. The fourth-order valence-corrected chi connectivity index (χ4v) is 6.33. The van der Waals surface area contributed by atoms with Crippen LogP contribution in [0.25, 0.3) is 0 Å². The molecule has 0 radical (unpaired) electrons. The quantitative estimate of drug-likeness (QED) is 0.340. The molecule has 0 aromatic heterocycles. The molecule has 3 N–H and O–H groups in total. The van der Waals surface area contributed by atoms with Crippen molar-refractivity contribution in [2.24, 2.45) is 5.92 Å². The van der Waals surface area contributed by atoms with Crippen LogP contribution in [0.2, 0.25) is 0 Å². The van der Waals surface area contributed by atoms with Crippen LogP contribution in [0.4, 0.5) is 10.5 Å².